The van der Waals surface area contributed by atoms with Crippen LogP contribution in [0.2, 0.25) is 0 Å². The van der Waals surface area contributed by atoms with Crippen LogP contribution in [0.25, 0.3) is 0 Å². The first-order chi connectivity index (χ1) is 13.6. The van der Waals surface area contributed by atoms with Crippen LogP contribution in [0.3, 0.4) is 0 Å². The van der Waals surface area contributed by atoms with Gasteiger partial charge in [0, 0.05) is 13.1 Å². The van der Waals surface area contributed by atoms with E-state index in [4.69, 9.17) is 9.47 Å². The first kappa shape index (κ1) is 19.7. The highest BCUT2D eigenvalue weighted by Gasteiger charge is 2.29. The Morgan fingerprint density at radius 1 is 1.14 bits per heavy atom. The number of hydrogen-bond donors (Lipinski definition) is 1. The molecule has 3 rings (SSSR count). The van der Waals surface area contributed by atoms with E-state index in [9.17, 15) is 9.59 Å². The van der Waals surface area contributed by atoms with Crippen LogP contribution in [-0.2, 0) is 9.53 Å². The summed E-state index contributed by atoms with van der Waals surface area (Å²) in [5, 5.41) is 2.96. The normalized spacial score (nSPS) is 16.4. The number of piperidine rings is 1. The van der Waals surface area contributed by atoms with Gasteiger partial charge in [-0.25, -0.2) is 4.79 Å². The SMILES string of the molecule is CCOC(=O)N1CCCC(C(=O)Nc2ccccc2Oc2ccc(C)cc2)C1. The van der Waals surface area contributed by atoms with Crippen molar-refractivity contribution in [2.75, 3.05) is 25.0 Å². The summed E-state index contributed by atoms with van der Waals surface area (Å²) in [7, 11) is 0. The second kappa shape index (κ2) is 9.26. The van der Waals surface area contributed by atoms with Gasteiger partial charge in [-0.1, -0.05) is 29.8 Å². The lowest BCUT2D eigenvalue weighted by Gasteiger charge is -2.31. The van der Waals surface area contributed by atoms with Crippen LogP contribution in [0.15, 0.2) is 48.5 Å². The molecule has 2 aromatic carbocycles. The third-order valence-electron chi connectivity index (χ3n) is 4.71. The number of likely N-dealkylation sites (tertiary alicyclic amines) is 1. The number of anilines is 1. The highest BCUT2D eigenvalue weighted by atomic mass is 16.6. The lowest BCUT2D eigenvalue weighted by molar-refractivity contribution is -0.121. The maximum atomic E-state index is 12.8. The van der Waals surface area contributed by atoms with E-state index < -0.39 is 0 Å². The minimum absolute atomic E-state index is 0.117. The Hall–Kier alpha value is -3.02. The number of amides is 2. The van der Waals surface area contributed by atoms with E-state index in [0.717, 1.165) is 18.4 Å². The molecule has 0 radical (unpaired) electrons. The van der Waals surface area contributed by atoms with E-state index >= 15 is 0 Å². The number of carbonyl (C=O) groups is 2. The number of para-hydroxylation sites is 2. The van der Waals surface area contributed by atoms with Crippen LogP contribution in [0, 0.1) is 12.8 Å². The van der Waals surface area contributed by atoms with Gasteiger partial charge in [-0.2, -0.15) is 0 Å². The van der Waals surface area contributed by atoms with Crippen molar-refractivity contribution in [3.05, 3.63) is 54.1 Å². The van der Waals surface area contributed by atoms with Crippen molar-refractivity contribution < 1.29 is 19.1 Å². The molecule has 1 fully saturated rings. The highest BCUT2D eigenvalue weighted by molar-refractivity contribution is 5.94. The lowest BCUT2D eigenvalue weighted by Crippen LogP contribution is -2.44. The average Bonchev–Trinajstić information content (AvgIpc) is 2.71. The third kappa shape index (κ3) is 5.03. The molecule has 0 spiro atoms. The minimum atomic E-state index is -0.358. The molecule has 1 heterocycles. The first-order valence-corrected chi connectivity index (χ1v) is 9.63. The Labute approximate surface area is 165 Å². The van der Waals surface area contributed by atoms with Crippen molar-refractivity contribution in [2.24, 2.45) is 5.92 Å². The molecule has 6 nitrogen and oxygen atoms in total. The quantitative estimate of drug-likeness (QED) is 0.821. The Morgan fingerprint density at radius 3 is 2.64 bits per heavy atom. The van der Waals surface area contributed by atoms with Gasteiger partial charge in [-0.05, 0) is 51.0 Å². The number of carbonyl (C=O) groups excluding carboxylic acids is 2. The summed E-state index contributed by atoms with van der Waals surface area (Å²) in [4.78, 5) is 26.4. The second-order valence-corrected chi connectivity index (χ2v) is 6.88. The Bertz CT molecular complexity index is 820. The zero-order valence-electron chi connectivity index (χ0n) is 16.3. The van der Waals surface area contributed by atoms with Crippen molar-refractivity contribution in [2.45, 2.75) is 26.7 Å². The molecule has 0 saturated carbocycles. The van der Waals surface area contributed by atoms with Crippen molar-refractivity contribution in [3.63, 3.8) is 0 Å². The summed E-state index contributed by atoms with van der Waals surface area (Å²) in [6, 6.07) is 15.1. The van der Waals surface area contributed by atoms with Crippen LogP contribution in [-0.4, -0.2) is 36.6 Å². The summed E-state index contributed by atoms with van der Waals surface area (Å²) in [5.74, 6) is 0.899. The van der Waals surface area contributed by atoms with Crippen LogP contribution < -0.4 is 10.1 Å². The molecule has 1 saturated heterocycles. The maximum Gasteiger partial charge on any atom is 0.409 e. The monoisotopic (exact) mass is 382 g/mol. The maximum absolute atomic E-state index is 12.8. The molecule has 148 valence electrons. The molecule has 1 atom stereocenters. The summed E-state index contributed by atoms with van der Waals surface area (Å²) in [6.45, 7) is 5.11. The van der Waals surface area contributed by atoms with Crippen LogP contribution in [0.4, 0.5) is 10.5 Å². The van der Waals surface area contributed by atoms with E-state index in [0.29, 0.717) is 36.9 Å². The fraction of sp³-hybridized carbons (Fsp3) is 0.364. The molecule has 1 unspecified atom stereocenters. The minimum Gasteiger partial charge on any atom is -0.455 e. The number of nitrogens with zero attached hydrogens (tertiary/aromatic N) is 1. The Morgan fingerprint density at radius 2 is 1.89 bits per heavy atom. The molecular formula is C22H26N2O4. The number of nitrogens with one attached hydrogen (secondary N) is 1. The summed E-state index contributed by atoms with van der Waals surface area (Å²) in [5.41, 5.74) is 1.76. The first-order valence-electron chi connectivity index (χ1n) is 9.63. The predicted octanol–water partition coefficient (Wildman–Crippen LogP) is 4.59. The molecule has 2 aromatic rings. The molecular weight excluding hydrogens is 356 g/mol. The Balaban J connectivity index is 1.67. The van der Waals surface area contributed by atoms with E-state index in [1.165, 1.54) is 0 Å². The van der Waals surface area contributed by atoms with E-state index in [-0.39, 0.29) is 17.9 Å². The summed E-state index contributed by atoms with van der Waals surface area (Å²) in [6.07, 6.45) is 1.16. The summed E-state index contributed by atoms with van der Waals surface area (Å²) >= 11 is 0. The lowest BCUT2D eigenvalue weighted by atomic mass is 9.97. The molecule has 6 heteroatoms. The smallest absolute Gasteiger partial charge is 0.409 e. The number of rotatable bonds is 5. The number of ether oxygens (including phenoxy) is 2. The van der Waals surface area contributed by atoms with Crippen molar-refractivity contribution in [1.29, 1.82) is 0 Å². The van der Waals surface area contributed by atoms with Gasteiger partial charge in [0.25, 0.3) is 0 Å². The van der Waals surface area contributed by atoms with Crippen LogP contribution in [0.5, 0.6) is 11.5 Å². The van der Waals surface area contributed by atoms with E-state index in [2.05, 4.69) is 5.32 Å². The van der Waals surface area contributed by atoms with Gasteiger partial charge in [0.1, 0.15) is 5.75 Å². The summed E-state index contributed by atoms with van der Waals surface area (Å²) < 4.78 is 11.0. The topological polar surface area (TPSA) is 67.9 Å². The number of aryl methyl sites for hydroxylation is 1. The van der Waals surface area contributed by atoms with Crippen molar-refractivity contribution in [3.8, 4) is 11.5 Å². The Kier molecular flexibility index (Phi) is 6.53. The van der Waals surface area contributed by atoms with Gasteiger partial charge in [-0.3, -0.25) is 4.79 Å². The molecule has 1 aliphatic heterocycles. The van der Waals surface area contributed by atoms with E-state index in [1.54, 1.807) is 11.8 Å². The molecule has 1 aliphatic rings. The van der Waals surface area contributed by atoms with Gasteiger partial charge in [0.05, 0.1) is 18.2 Å². The molecule has 0 aromatic heterocycles. The van der Waals surface area contributed by atoms with Gasteiger partial charge < -0.3 is 19.7 Å². The third-order valence-corrected chi connectivity index (χ3v) is 4.71. The van der Waals surface area contributed by atoms with Gasteiger partial charge >= 0.3 is 6.09 Å². The van der Waals surface area contributed by atoms with Crippen LogP contribution in [0.1, 0.15) is 25.3 Å². The zero-order valence-corrected chi connectivity index (χ0v) is 16.3. The van der Waals surface area contributed by atoms with Crippen molar-refractivity contribution in [1.82, 2.24) is 4.90 Å². The number of benzene rings is 2. The predicted molar refractivity (Wildman–Crippen MR) is 108 cm³/mol. The van der Waals surface area contributed by atoms with Gasteiger partial charge in [0.15, 0.2) is 5.75 Å². The highest BCUT2D eigenvalue weighted by Crippen LogP contribution is 2.30. The number of hydrogen-bond acceptors (Lipinski definition) is 4. The molecule has 28 heavy (non-hydrogen) atoms. The molecule has 1 N–H and O–H groups in total. The van der Waals surface area contributed by atoms with Gasteiger partial charge in [-0.15, -0.1) is 0 Å². The fourth-order valence-corrected chi connectivity index (χ4v) is 3.20. The van der Waals surface area contributed by atoms with E-state index in [1.807, 2.05) is 55.5 Å². The average molecular weight is 382 g/mol. The largest absolute Gasteiger partial charge is 0.455 e. The molecule has 0 aliphatic carbocycles. The molecule has 0 bridgehead atoms. The standard InChI is InChI=1S/C22H26N2O4/c1-3-27-22(26)24-14-6-7-17(15-24)21(25)23-19-8-4-5-9-20(19)28-18-12-10-16(2)11-13-18/h4-5,8-13,17H,3,6-7,14-15H2,1-2H3,(H,23,25). The van der Waals surface area contributed by atoms with Crippen molar-refractivity contribution >= 4 is 17.7 Å². The fourth-order valence-electron chi connectivity index (χ4n) is 3.20. The molecule has 2 amide bonds. The second-order valence-electron chi connectivity index (χ2n) is 6.88. The van der Waals surface area contributed by atoms with Crippen LogP contribution >= 0.6 is 0 Å². The zero-order chi connectivity index (χ0) is 19.9. The van der Waals surface area contributed by atoms with Gasteiger partial charge in [0.2, 0.25) is 5.91 Å².